The van der Waals surface area contributed by atoms with Crippen LogP contribution in [0.1, 0.15) is 48.5 Å². The summed E-state index contributed by atoms with van der Waals surface area (Å²) in [6, 6.07) is 14.2. The van der Waals surface area contributed by atoms with Gasteiger partial charge in [0.25, 0.3) is 0 Å². The maximum Gasteiger partial charge on any atom is 0.234 e. The number of rotatable bonds is 7. The Bertz CT molecular complexity index is 821. The number of methoxy groups -OCH3 is 2. The number of benzene rings is 2. The molecule has 5 heteroatoms. The average Bonchev–Trinajstić information content (AvgIpc) is 3.15. The van der Waals surface area contributed by atoms with Gasteiger partial charge in [-0.25, -0.2) is 0 Å². The molecule has 1 amide bonds. The summed E-state index contributed by atoms with van der Waals surface area (Å²) in [6.45, 7) is 5.38. The molecule has 3 rings (SSSR count). The van der Waals surface area contributed by atoms with E-state index in [0.717, 1.165) is 42.0 Å². The van der Waals surface area contributed by atoms with Crippen molar-refractivity contribution in [3.05, 3.63) is 59.2 Å². The van der Waals surface area contributed by atoms with Crippen LogP contribution < -0.4 is 14.8 Å². The van der Waals surface area contributed by atoms with E-state index in [2.05, 4.69) is 29.3 Å². The average molecular weight is 383 g/mol. The third-order valence-electron chi connectivity index (χ3n) is 5.54. The Labute approximate surface area is 167 Å². The molecule has 1 N–H and O–H groups in total. The van der Waals surface area contributed by atoms with E-state index in [9.17, 15) is 4.79 Å². The highest BCUT2D eigenvalue weighted by Gasteiger charge is 2.30. The van der Waals surface area contributed by atoms with Crippen LogP contribution in [-0.2, 0) is 4.79 Å². The van der Waals surface area contributed by atoms with Gasteiger partial charge >= 0.3 is 0 Å². The lowest BCUT2D eigenvalue weighted by Gasteiger charge is -2.27. The van der Waals surface area contributed by atoms with Crippen LogP contribution in [-0.4, -0.2) is 38.1 Å². The highest BCUT2D eigenvalue weighted by molar-refractivity contribution is 5.78. The topological polar surface area (TPSA) is 50.8 Å². The minimum atomic E-state index is -0.0129. The van der Waals surface area contributed by atoms with E-state index in [1.165, 1.54) is 5.56 Å². The summed E-state index contributed by atoms with van der Waals surface area (Å²) >= 11 is 0. The first-order valence-corrected chi connectivity index (χ1v) is 9.84. The molecule has 2 aromatic rings. The van der Waals surface area contributed by atoms with Crippen LogP contribution in [0.3, 0.4) is 0 Å². The molecule has 1 aliphatic rings. The van der Waals surface area contributed by atoms with Crippen molar-refractivity contribution >= 4 is 5.91 Å². The van der Waals surface area contributed by atoms with Crippen LogP contribution in [0.15, 0.2) is 42.5 Å². The molecule has 2 aromatic carbocycles. The third kappa shape index (κ3) is 4.47. The number of nitrogens with one attached hydrogen (secondary N) is 1. The van der Waals surface area contributed by atoms with Gasteiger partial charge in [-0.1, -0.05) is 24.3 Å². The smallest absolute Gasteiger partial charge is 0.234 e. The fourth-order valence-electron chi connectivity index (χ4n) is 4.09. The molecular weight excluding hydrogens is 352 g/mol. The van der Waals surface area contributed by atoms with Gasteiger partial charge in [0.15, 0.2) is 0 Å². The largest absolute Gasteiger partial charge is 0.497 e. The SMILES string of the molecule is COc1ccc(OC)c([C@H]2CCCN2CC(=O)N[C@@H](C)c2ccccc2C)c1. The van der Waals surface area contributed by atoms with Crippen LogP contribution in [0.5, 0.6) is 11.5 Å². The molecule has 1 fully saturated rings. The first kappa shape index (κ1) is 20.2. The van der Waals surface area contributed by atoms with E-state index < -0.39 is 0 Å². The van der Waals surface area contributed by atoms with Gasteiger partial charge < -0.3 is 14.8 Å². The Morgan fingerprint density at radius 3 is 2.71 bits per heavy atom. The Balaban J connectivity index is 1.70. The number of likely N-dealkylation sites (tertiary alicyclic amines) is 1. The number of aryl methyl sites for hydroxylation is 1. The number of carbonyl (C=O) groups is 1. The van der Waals surface area contributed by atoms with Crippen molar-refractivity contribution in [3.8, 4) is 11.5 Å². The Hall–Kier alpha value is -2.53. The molecule has 1 saturated heterocycles. The van der Waals surface area contributed by atoms with Gasteiger partial charge in [-0.05, 0) is 62.6 Å². The minimum Gasteiger partial charge on any atom is -0.497 e. The quantitative estimate of drug-likeness (QED) is 0.786. The van der Waals surface area contributed by atoms with Crippen LogP contribution in [0.2, 0.25) is 0 Å². The molecule has 150 valence electrons. The summed E-state index contributed by atoms with van der Waals surface area (Å²) in [6.07, 6.45) is 2.07. The van der Waals surface area contributed by atoms with Crippen LogP contribution >= 0.6 is 0 Å². The van der Waals surface area contributed by atoms with Crippen molar-refractivity contribution in [2.24, 2.45) is 0 Å². The summed E-state index contributed by atoms with van der Waals surface area (Å²) in [5.41, 5.74) is 3.43. The zero-order valence-electron chi connectivity index (χ0n) is 17.2. The predicted octanol–water partition coefficient (Wildman–Crippen LogP) is 4.03. The van der Waals surface area contributed by atoms with Crippen molar-refractivity contribution in [2.45, 2.75) is 38.8 Å². The number of hydrogen-bond acceptors (Lipinski definition) is 4. The fourth-order valence-corrected chi connectivity index (χ4v) is 4.09. The Morgan fingerprint density at radius 1 is 1.21 bits per heavy atom. The Morgan fingerprint density at radius 2 is 2.00 bits per heavy atom. The second kappa shape index (κ2) is 9.11. The van der Waals surface area contributed by atoms with Gasteiger partial charge in [-0.2, -0.15) is 0 Å². The van der Waals surface area contributed by atoms with E-state index in [0.29, 0.717) is 6.54 Å². The molecule has 0 unspecified atom stereocenters. The summed E-state index contributed by atoms with van der Waals surface area (Å²) in [5.74, 6) is 1.69. The van der Waals surface area contributed by atoms with Gasteiger partial charge in [0.2, 0.25) is 5.91 Å². The van der Waals surface area contributed by atoms with Crippen molar-refractivity contribution in [2.75, 3.05) is 27.3 Å². The zero-order chi connectivity index (χ0) is 20.1. The van der Waals surface area contributed by atoms with Gasteiger partial charge in [-0.3, -0.25) is 9.69 Å². The van der Waals surface area contributed by atoms with Crippen molar-refractivity contribution in [3.63, 3.8) is 0 Å². The molecule has 0 aromatic heterocycles. The number of ether oxygens (including phenoxy) is 2. The lowest BCUT2D eigenvalue weighted by atomic mass is 10.0. The minimum absolute atomic E-state index is 0.0129. The molecule has 1 aliphatic heterocycles. The molecule has 0 spiro atoms. The highest BCUT2D eigenvalue weighted by Crippen LogP contribution is 2.38. The van der Waals surface area contributed by atoms with E-state index in [4.69, 9.17) is 9.47 Å². The van der Waals surface area contributed by atoms with Gasteiger partial charge in [0.1, 0.15) is 11.5 Å². The highest BCUT2D eigenvalue weighted by atomic mass is 16.5. The fraction of sp³-hybridized carbons (Fsp3) is 0.435. The maximum absolute atomic E-state index is 12.7. The normalized spacial score (nSPS) is 17.9. The van der Waals surface area contributed by atoms with Gasteiger partial charge in [0.05, 0.1) is 26.8 Å². The molecule has 1 heterocycles. The molecular formula is C23H30N2O3. The van der Waals surface area contributed by atoms with Crippen molar-refractivity contribution in [1.82, 2.24) is 10.2 Å². The summed E-state index contributed by atoms with van der Waals surface area (Å²) in [4.78, 5) is 15.0. The lowest BCUT2D eigenvalue weighted by molar-refractivity contribution is -0.123. The van der Waals surface area contributed by atoms with Crippen molar-refractivity contribution in [1.29, 1.82) is 0 Å². The first-order valence-electron chi connectivity index (χ1n) is 9.84. The van der Waals surface area contributed by atoms with E-state index in [1.807, 2.05) is 37.3 Å². The number of carbonyl (C=O) groups excluding carboxylic acids is 1. The standard InChI is InChI=1S/C23H30N2O3/c1-16-8-5-6-9-19(16)17(2)24-23(26)15-25-13-7-10-21(25)20-14-18(27-3)11-12-22(20)28-4/h5-6,8-9,11-12,14,17,21H,7,10,13,15H2,1-4H3,(H,24,26)/t17-,21+/m0/s1. The zero-order valence-corrected chi connectivity index (χ0v) is 17.2. The summed E-state index contributed by atoms with van der Waals surface area (Å²) in [7, 11) is 3.35. The number of amides is 1. The van der Waals surface area contributed by atoms with Gasteiger partial charge in [-0.15, -0.1) is 0 Å². The predicted molar refractivity (Wildman–Crippen MR) is 111 cm³/mol. The molecule has 0 aliphatic carbocycles. The Kier molecular flexibility index (Phi) is 6.57. The van der Waals surface area contributed by atoms with E-state index in [-0.39, 0.29) is 18.0 Å². The summed E-state index contributed by atoms with van der Waals surface area (Å²) in [5, 5.41) is 3.15. The molecule has 0 saturated carbocycles. The van der Waals surface area contributed by atoms with Crippen LogP contribution in [0.25, 0.3) is 0 Å². The van der Waals surface area contributed by atoms with Crippen LogP contribution in [0.4, 0.5) is 0 Å². The molecule has 5 nitrogen and oxygen atoms in total. The molecule has 0 bridgehead atoms. The second-order valence-corrected chi connectivity index (χ2v) is 7.38. The molecule has 28 heavy (non-hydrogen) atoms. The summed E-state index contributed by atoms with van der Waals surface area (Å²) < 4.78 is 11.0. The molecule has 0 radical (unpaired) electrons. The van der Waals surface area contributed by atoms with Crippen molar-refractivity contribution < 1.29 is 14.3 Å². The monoisotopic (exact) mass is 382 g/mol. The van der Waals surface area contributed by atoms with Gasteiger partial charge in [0, 0.05) is 11.6 Å². The van der Waals surface area contributed by atoms with E-state index >= 15 is 0 Å². The number of nitrogens with zero attached hydrogens (tertiary/aromatic N) is 1. The number of hydrogen-bond donors (Lipinski definition) is 1. The van der Waals surface area contributed by atoms with Crippen LogP contribution in [0, 0.1) is 6.92 Å². The third-order valence-corrected chi connectivity index (χ3v) is 5.54. The second-order valence-electron chi connectivity index (χ2n) is 7.38. The molecule has 2 atom stereocenters. The lowest BCUT2D eigenvalue weighted by Crippen LogP contribution is -2.38. The van der Waals surface area contributed by atoms with E-state index in [1.54, 1.807) is 14.2 Å². The maximum atomic E-state index is 12.7. The first-order chi connectivity index (χ1) is 13.5.